The van der Waals surface area contributed by atoms with Crippen LogP contribution in [-0.2, 0) is 12.8 Å². The van der Waals surface area contributed by atoms with Gasteiger partial charge in [-0.3, -0.25) is 0 Å². The maximum atomic E-state index is 5.47. The first-order chi connectivity index (χ1) is 7.88. The number of rotatable bonds is 1. The van der Waals surface area contributed by atoms with Crippen LogP contribution in [0.25, 0.3) is 0 Å². The predicted octanol–water partition coefficient (Wildman–Crippen LogP) is 2.16. The SMILES string of the molecule is COc1cccc2c1C[C@H]1CCCN[C@H]1C2. The minimum Gasteiger partial charge on any atom is -0.496 e. The third-order valence-corrected chi connectivity index (χ3v) is 4.08. The van der Waals surface area contributed by atoms with E-state index in [1.165, 1.54) is 43.4 Å². The molecule has 0 unspecified atom stereocenters. The maximum Gasteiger partial charge on any atom is 0.122 e. The molecule has 1 aromatic rings. The lowest BCUT2D eigenvalue weighted by Gasteiger charge is -2.37. The third-order valence-electron chi connectivity index (χ3n) is 4.08. The van der Waals surface area contributed by atoms with E-state index in [0.717, 1.165) is 11.7 Å². The fourth-order valence-corrected chi connectivity index (χ4v) is 3.23. The second-order valence-electron chi connectivity index (χ2n) is 4.97. The van der Waals surface area contributed by atoms with Gasteiger partial charge >= 0.3 is 0 Å². The van der Waals surface area contributed by atoms with Gasteiger partial charge in [0.1, 0.15) is 5.75 Å². The summed E-state index contributed by atoms with van der Waals surface area (Å²) in [5.74, 6) is 1.90. The first-order valence-electron chi connectivity index (χ1n) is 6.26. The lowest BCUT2D eigenvalue weighted by molar-refractivity contribution is 0.259. The van der Waals surface area contributed by atoms with Crippen molar-refractivity contribution in [2.75, 3.05) is 13.7 Å². The number of piperidine rings is 1. The third kappa shape index (κ3) is 1.61. The van der Waals surface area contributed by atoms with E-state index in [0.29, 0.717) is 6.04 Å². The Hall–Kier alpha value is -1.02. The molecule has 16 heavy (non-hydrogen) atoms. The molecule has 1 aliphatic carbocycles. The van der Waals surface area contributed by atoms with Gasteiger partial charge in [-0.15, -0.1) is 0 Å². The molecule has 1 heterocycles. The Morgan fingerprint density at radius 2 is 2.25 bits per heavy atom. The van der Waals surface area contributed by atoms with Gasteiger partial charge in [-0.1, -0.05) is 12.1 Å². The van der Waals surface area contributed by atoms with Crippen molar-refractivity contribution < 1.29 is 4.74 Å². The molecule has 0 amide bonds. The van der Waals surface area contributed by atoms with Gasteiger partial charge in [0.25, 0.3) is 0 Å². The second-order valence-corrected chi connectivity index (χ2v) is 4.97. The predicted molar refractivity (Wildman–Crippen MR) is 64.9 cm³/mol. The first-order valence-corrected chi connectivity index (χ1v) is 6.26. The highest BCUT2D eigenvalue weighted by atomic mass is 16.5. The van der Waals surface area contributed by atoms with Crippen LogP contribution in [0.3, 0.4) is 0 Å². The number of hydrogen-bond donors (Lipinski definition) is 1. The van der Waals surface area contributed by atoms with E-state index in [1.807, 2.05) is 0 Å². The van der Waals surface area contributed by atoms with Crippen LogP contribution >= 0.6 is 0 Å². The Kier molecular flexibility index (Phi) is 2.60. The Morgan fingerprint density at radius 3 is 3.12 bits per heavy atom. The van der Waals surface area contributed by atoms with Crippen molar-refractivity contribution in [2.45, 2.75) is 31.7 Å². The molecule has 1 fully saturated rings. The molecule has 2 nitrogen and oxygen atoms in total. The topological polar surface area (TPSA) is 21.3 Å². The number of nitrogens with one attached hydrogen (secondary N) is 1. The van der Waals surface area contributed by atoms with Gasteiger partial charge in [-0.2, -0.15) is 0 Å². The van der Waals surface area contributed by atoms with Crippen LogP contribution in [-0.4, -0.2) is 19.7 Å². The van der Waals surface area contributed by atoms with Gasteiger partial charge < -0.3 is 10.1 Å². The van der Waals surface area contributed by atoms with Crippen LogP contribution in [0.4, 0.5) is 0 Å². The molecule has 2 heteroatoms. The van der Waals surface area contributed by atoms with Gasteiger partial charge in [0.2, 0.25) is 0 Å². The van der Waals surface area contributed by atoms with Crippen LogP contribution in [0.5, 0.6) is 5.75 Å². The Morgan fingerprint density at radius 1 is 1.31 bits per heavy atom. The lowest BCUT2D eigenvalue weighted by Crippen LogP contribution is -2.46. The highest BCUT2D eigenvalue weighted by Crippen LogP contribution is 2.35. The van der Waals surface area contributed by atoms with Gasteiger partial charge in [-0.05, 0) is 55.3 Å². The van der Waals surface area contributed by atoms with E-state index in [9.17, 15) is 0 Å². The summed E-state index contributed by atoms with van der Waals surface area (Å²) in [6.45, 7) is 1.19. The summed E-state index contributed by atoms with van der Waals surface area (Å²) in [5.41, 5.74) is 2.94. The van der Waals surface area contributed by atoms with E-state index in [1.54, 1.807) is 7.11 Å². The number of fused-ring (bicyclic) bond motifs is 2. The van der Waals surface area contributed by atoms with Crippen molar-refractivity contribution in [3.05, 3.63) is 29.3 Å². The lowest BCUT2D eigenvalue weighted by atomic mass is 9.76. The number of ether oxygens (including phenoxy) is 1. The van der Waals surface area contributed by atoms with E-state index in [-0.39, 0.29) is 0 Å². The molecule has 0 radical (unpaired) electrons. The second kappa shape index (κ2) is 4.10. The van der Waals surface area contributed by atoms with Gasteiger partial charge in [0.05, 0.1) is 7.11 Å². The van der Waals surface area contributed by atoms with E-state index >= 15 is 0 Å². The molecule has 3 rings (SSSR count). The molecular weight excluding hydrogens is 198 g/mol. The minimum absolute atomic E-state index is 0.702. The Labute approximate surface area is 97.0 Å². The number of benzene rings is 1. The molecule has 0 aromatic heterocycles. The van der Waals surface area contributed by atoms with Gasteiger partial charge in [0, 0.05) is 6.04 Å². The summed E-state index contributed by atoms with van der Waals surface area (Å²) in [4.78, 5) is 0. The quantitative estimate of drug-likeness (QED) is 0.778. The average Bonchev–Trinajstić information content (AvgIpc) is 2.35. The van der Waals surface area contributed by atoms with Crippen LogP contribution < -0.4 is 10.1 Å². The molecule has 86 valence electrons. The normalized spacial score (nSPS) is 28.1. The molecule has 2 aliphatic rings. The van der Waals surface area contributed by atoms with Crippen LogP contribution in [0.15, 0.2) is 18.2 Å². The summed E-state index contributed by atoms with van der Waals surface area (Å²) in [7, 11) is 1.78. The molecule has 1 saturated heterocycles. The van der Waals surface area contributed by atoms with E-state index in [4.69, 9.17) is 4.74 Å². The molecule has 0 saturated carbocycles. The monoisotopic (exact) mass is 217 g/mol. The van der Waals surface area contributed by atoms with Crippen LogP contribution in [0, 0.1) is 5.92 Å². The summed E-state index contributed by atoms with van der Waals surface area (Å²) in [6.07, 6.45) is 5.06. The van der Waals surface area contributed by atoms with Gasteiger partial charge in [-0.25, -0.2) is 0 Å². The van der Waals surface area contributed by atoms with Crippen molar-refractivity contribution in [1.82, 2.24) is 5.32 Å². The molecule has 2 atom stereocenters. The number of methoxy groups -OCH3 is 1. The van der Waals surface area contributed by atoms with Crippen molar-refractivity contribution >= 4 is 0 Å². The standard InChI is InChI=1S/C14H19NO/c1-16-14-6-2-4-10-9-13-11(8-12(10)14)5-3-7-15-13/h2,4,6,11,13,15H,3,5,7-9H2,1H3/t11-,13+/m1/s1. The minimum atomic E-state index is 0.702. The summed E-state index contributed by atoms with van der Waals surface area (Å²) in [6, 6.07) is 7.16. The first kappa shape index (κ1) is 10.2. The van der Waals surface area contributed by atoms with Crippen LogP contribution in [0.2, 0.25) is 0 Å². The maximum absolute atomic E-state index is 5.47. The van der Waals surface area contributed by atoms with E-state index in [2.05, 4.69) is 23.5 Å². The summed E-state index contributed by atoms with van der Waals surface area (Å²) < 4.78 is 5.47. The highest BCUT2D eigenvalue weighted by molar-refractivity contribution is 5.43. The number of hydrogen-bond acceptors (Lipinski definition) is 2. The van der Waals surface area contributed by atoms with Crippen LogP contribution in [0.1, 0.15) is 24.0 Å². The average molecular weight is 217 g/mol. The van der Waals surface area contributed by atoms with Crippen molar-refractivity contribution in [1.29, 1.82) is 0 Å². The fourth-order valence-electron chi connectivity index (χ4n) is 3.23. The Bertz CT molecular complexity index is 388. The van der Waals surface area contributed by atoms with E-state index < -0.39 is 0 Å². The zero-order valence-corrected chi connectivity index (χ0v) is 9.83. The largest absolute Gasteiger partial charge is 0.496 e. The molecule has 1 aliphatic heterocycles. The smallest absolute Gasteiger partial charge is 0.122 e. The molecule has 1 N–H and O–H groups in total. The summed E-state index contributed by atoms with van der Waals surface area (Å²) in [5, 5.41) is 3.66. The molecule has 1 aromatic carbocycles. The molecular formula is C14H19NO. The zero-order chi connectivity index (χ0) is 11.0. The highest BCUT2D eigenvalue weighted by Gasteiger charge is 2.31. The zero-order valence-electron chi connectivity index (χ0n) is 9.83. The van der Waals surface area contributed by atoms with Gasteiger partial charge in [0.15, 0.2) is 0 Å². The van der Waals surface area contributed by atoms with Crippen molar-refractivity contribution in [3.8, 4) is 5.75 Å². The molecule has 0 bridgehead atoms. The summed E-state index contributed by atoms with van der Waals surface area (Å²) >= 11 is 0. The fraction of sp³-hybridized carbons (Fsp3) is 0.571. The van der Waals surface area contributed by atoms with Crippen molar-refractivity contribution in [3.63, 3.8) is 0 Å². The van der Waals surface area contributed by atoms with Crippen molar-refractivity contribution in [2.24, 2.45) is 5.92 Å². The Balaban J connectivity index is 1.95. The molecule has 0 spiro atoms.